The minimum absolute atomic E-state index is 0.131. The van der Waals surface area contributed by atoms with Gasteiger partial charge in [-0.05, 0) is 26.3 Å². The SMILES string of the molecule is CCOC(=O)O[C@H]1CCCN1. The Kier molecular flexibility index (Phi) is 3.16. The molecule has 4 heteroatoms. The Morgan fingerprint density at radius 3 is 3.09 bits per heavy atom. The van der Waals surface area contributed by atoms with Gasteiger partial charge in [0.2, 0.25) is 0 Å². The Morgan fingerprint density at radius 2 is 2.55 bits per heavy atom. The van der Waals surface area contributed by atoms with E-state index >= 15 is 0 Å². The van der Waals surface area contributed by atoms with Crippen LogP contribution in [0.25, 0.3) is 0 Å². The Morgan fingerprint density at radius 1 is 1.73 bits per heavy atom. The quantitative estimate of drug-likeness (QED) is 0.607. The summed E-state index contributed by atoms with van der Waals surface area (Å²) in [5, 5.41) is 3.02. The van der Waals surface area contributed by atoms with Crippen LogP contribution in [0.5, 0.6) is 0 Å². The maximum Gasteiger partial charge on any atom is 0.509 e. The van der Waals surface area contributed by atoms with E-state index in [-0.39, 0.29) is 6.23 Å². The van der Waals surface area contributed by atoms with Crippen LogP contribution in [0.4, 0.5) is 4.79 Å². The molecule has 0 radical (unpaired) electrons. The molecule has 0 amide bonds. The van der Waals surface area contributed by atoms with Crippen molar-refractivity contribution in [1.82, 2.24) is 5.32 Å². The summed E-state index contributed by atoms with van der Waals surface area (Å²) < 4.78 is 9.48. The molecule has 1 rings (SSSR count). The van der Waals surface area contributed by atoms with Crippen LogP contribution in [0.15, 0.2) is 0 Å². The van der Waals surface area contributed by atoms with Crippen molar-refractivity contribution in [3.05, 3.63) is 0 Å². The van der Waals surface area contributed by atoms with Gasteiger partial charge in [0, 0.05) is 0 Å². The molecule has 1 heterocycles. The molecule has 11 heavy (non-hydrogen) atoms. The molecule has 0 aromatic rings. The number of rotatable bonds is 2. The molecule has 0 unspecified atom stereocenters. The Hall–Kier alpha value is -0.770. The number of carbonyl (C=O) groups is 1. The molecule has 1 N–H and O–H groups in total. The van der Waals surface area contributed by atoms with Gasteiger partial charge in [0.05, 0.1) is 6.61 Å². The minimum Gasteiger partial charge on any atom is -0.435 e. The first kappa shape index (κ1) is 8.33. The predicted octanol–water partition coefficient (Wildman–Crippen LogP) is 0.869. The maximum atomic E-state index is 10.7. The van der Waals surface area contributed by atoms with Crippen molar-refractivity contribution in [1.29, 1.82) is 0 Å². The van der Waals surface area contributed by atoms with Gasteiger partial charge in [-0.25, -0.2) is 4.79 Å². The van der Waals surface area contributed by atoms with Crippen LogP contribution in [0.2, 0.25) is 0 Å². The molecule has 1 saturated heterocycles. The van der Waals surface area contributed by atoms with Crippen molar-refractivity contribution in [2.75, 3.05) is 13.2 Å². The molecular weight excluding hydrogens is 146 g/mol. The molecule has 0 aliphatic carbocycles. The van der Waals surface area contributed by atoms with E-state index in [1.165, 1.54) is 0 Å². The van der Waals surface area contributed by atoms with Gasteiger partial charge in [-0.3, -0.25) is 5.32 Å². The predicted molar refractivity (Wildman–Crippen MR) is 39.1 cm³/mol. The summed E-state index contributed by atoms with van der Waals surface area (Å²) in [6.07, 6.45) is 1.24. The van der Waals surface area contributed by atoms with Gasteiger partial charge in [-0.2, -0.15) is 0 Å². The lowest BCUT2D eigenvalue weighted by molar-refractivity contribution is 0.0214. The number of hydrogen-bond acceptors (Lipinski definition) is 4. The first-order valence-electron chi connectivity index (χ1n) is 3.89. The number of ether oxygens (including phenoxy) is 2. The first-order chi connectivity index (χ1) is 5.33. The Bertz CT molecular complexity index is 132. The molecule has 64 valence electrons. The van der Waals surface area contributed by atoms with E-state index in [0.717, 1.165) is 19.4 Å². The summed E-state index contributed by atoms with van der Waals surface area (Å²) in [5.41, 5.74) is 0. The van der Waals surface area contributed by atoms with Gasteiger partial charge in [-0.15, -0.1) is 0 Å². The van der Waals surface area contributed by atoms with E-state index in [1.54, 1.807) is 6.92 Å². The van der Waals surface area contributed by atoms with Crippen molar-refractivity contribution in [2.45, 2.75) is 26.0 Å². The Labute approximate surface area is 65.9 Å². The second kappa shape index (κ2) is 4.18. The van der Waals surface area contributed by atoms with E-state index in [9.17, 15) is 4.79 Å². The fraction of sp³-hybridized carbons (Fsp3) is 0.857. The molecule has 4 nitrogen and oxygen atoms in total. The largest absolute Gasteiger partial charge is 0.509 e. The van der Waals surface area contributed by atoms with Crippen LogP contribution in [-0.2, 0) is 9.47 Å². The highest BCUT2D eigenvalue weighted by Gasteiger charge is 2.18. The zero-order valence-electron chi connectivity index (χ0n) is 6.63. The zero-order valence-corrected chi connectivity index (χ0v) is 6.63. The van der Waals surface area contributed by atoms with Crippen LogP contribution in [0, 0.1) is 0 Å². The average Bonchev–Trinajstić information content (AvgIpc) is 2.40. The molecule has 0 bridgehead atoms. The zero-order chi connectivity index (χ0) is 8.10. The summed E-state index contributed by atoms with van der Waals surface area (Å²) in [6, 6.07) is 0. The van der Waals surface area contributed by atoms with Gasteiger partial charge < -0.3 is 9.47 Å². The van der Waals surface area contributed by atoms with Crippen molar-refractivity contribution >= 4 is 6.16 Å². The van der Waals surface area contributed by atoms with Gasteiger partial charge in [0.15, 0.2) is 6.23 Å². The monoisotopic (exact) mass is 159 g/mol. The molecule has 1 aliphatic heterocycles. The van der Waals surface area contributed by atoms with Crippen LogP contribution in [0.1, 0.15) is 19.8 Å². The lowest BCUT2D eigenvalue weighted by atomic mass is 10.4. The Balaban J connectivity index is 2.13. The summed E-state index contributed by atoms with van der Waals surface area (Å²) >= 11 is 0. The number of nitrogens with one attached hydrogen (secondary N) is 1. The smallest absolute Gasteiger partial charge is 0.435 e. The summed E-state index contributed by atoms with van der Waals surface area (Å²) in [4.78, 5) is 10.7. The van der Waals surface area contributed by atoms with Gasteiger partial charge >= 0.3 is 6.16 Å². The van der Waals surface area contributed by atoms with Gasteiger partial charge in [0.1, 0.15) is 0 Å². The highest BCUT2D eigenvalue weighted by Crippen LogP contribution is 2.06. The summed E-state index contributed by atoms with van der Waals surface area (Å²) in [6.45, 7) is 3.04. The normalized spacial score (nSPS) is 23.2. The van der Waals surface area contributed by atoms with E-state index in [1.807, 2.05) is 0 Å². The topological polar surface area (TPSA) is 47.6 Å². The fourth-order valence-corrected chi connectivity index (χ4v) is 1.02. The van der Waals surface area contributed by atoms with E-state index < -0.39 is 6.16 Å². The minimum atomic E-state index is -0.577. The van der Waals surface area contributed by atoms with E-state index in [4.69, 9.17) is 4.74 Å². The fourth-order valence-electron chi connectivity index (χ4n) is 1.02. The second-order valence-electron chi connectivity index (χ2n) is 2.39. The average molecular weight is 159 g/mol. The molecule has 0 aromatic carbocycles. The lowest BCUT2D eigenvalue weighted by Gasteiger charge is -2.10. The summed E-state index contributed by atoms with van der Waals surface area (Å²) in [7, 11) is 0. The van der Waals surface area contributed by atoms with Crippen molar-refractivity contribution in [3.8, 4) is 0 Å². The number of carbonyl (C=O) groups excluding carboxylic acids is 1. The number of hydrogen-bond donors (Lipinski definition) is 1. The molecule has 0 spiro atoms. The molecule has 1 aliphatic rings. The van der Waals surface area contributed by atoms with Crippen LogP contribution in [-0.4, -0.2) is 25.5 Å². The van der Waals surface area contributed by atoms with E-state index in [2.05, 4.69) is 10.1 Å². The molecular formula is C7H13NO3. The maximum absolute atomic E-state index is 10.7. The lowest BCUT2D eigenvalue weighted by Crippen LogP contribution is -2.27. The second-order valence-corrected chi connectivity index (χ2v) is 2.39. The van der Waals surface area contributed by atoms with E-state index in [0.29, 0.717) is 6.61 Å². The van der Waals surface area contributed by atoms with Crippen LogP contribution >= 0.6 is 0 Å². The third-order valence-corrected chi connectivity index (χ3v) is 1.52. The van der Waals surface area contributed by atoms with Crippen LogP contribution < -0.4 is 5.32 Å². The van der Waals surface area contributed by atoms with Crippen molar-refractivity contribution < 1.29 is 14.3 Å². The highest BCUT2D eigenvalue weighted by atomic mass is 16.7. The van der Waals surface area contributed by atoms with Crippen molar-refractivity contribution in [2.24, 2.45) is 0 Å². The standard InChI is InChI=1S/C7H13NO3/c1-2-10-7(9)11-6-4-3-5-8-6/h6,8H,2-5H2,1H3/t6-/m0/s1. The van der Waals surface area contributed by atoms with Gasteiger partial charge in [0.25, 0.3) is 0 Å². The van der Waals surface area contributed by atoms with Crippen LogP contribution in [0.3, 0.4) is 0 Å². The molecule has 1 fully saturated rings. The molecule has 0 aromatic heterocycles. The van der Waals surface area contributed by atoms with Gasteiger partial charge in [-0.1, -0.05) is 0 Å². The third kappa shape index (κ3) is 2.76. The third-order valence-electron chi connectivity index (χ3n) is 1.52. The molecule has 0 saturated carbocycles. The summed E-state index contributed by atoms with van der Waals surface area (Å²) in [5.74, 6) is 0. The highest BCUT2D eigenvalue weighted by molar-refractivity contribution is 5.60. The molecule has 1 atom stereocenters. The van der Waals surface area contributed by atoms with Crippen molar-refractivity contribution in [3.63, 3.8) is 0 Å². The first-order valence-corrected chi connectivity index (χ1v) is 3.89.